The molecule has 0 saturated heterocycles. The van der Waals surface area contributed by atoms with Crippen molar-refractivity contribution in [2.75, 3.05) is 13.7 Å². The molecular formula is C27H26N4O2. The molecule has 1 heterocycles. The molecular weight excluding hydrogens is 412 g/mol. The lowest BCUT2D eigenvalue weighted by atomic mass is 10.2. The van der Waals surface area contributed by atoms with Crippen LogP contribution in [0.15, 0.2) is 89.0 Å². The maximum atomic E-state index is 5.58. The number of aryl methyl sites for hydroxylation is 1. The Kier molecular flexibility index (Phi) is 6.95. The molecule has 6 heteroatoms. The van der Waals surface area contributed by atoms with Gasteiger partial charge < -0.3 is 9.47 Å². The molecule has 0 amide bonds. The predicted molar refractivity (Wildman–Crippen MR) is 134 cm³/mol. The lowest BCUT2D eigenvalue weighted by Gasteiger charge is -2.10. The molecule has 4 aromatic rings. The first kappa shape index (κ1) is 22.0. The van der Waals surface area contributed by atoms with Crippen molar-refractivity contribution in [2.24, 2.45) is 10.1 Å². The van der Waals surface area contributed by atoms with Gasteiger partial charge in [0.05, 0.1) is 31.1 Å². The molecule has 0 aliphatic rings. The number of methoxy groups -OCH3 is 1. The van der Waals surface area contributed by atoms with Crippen LogP contribution in [0.2, 0.25) is 0 Å². The predicted octanol–water partition coefficient (Wildman–Crippen LogP) is 5.65. The smallest absolute Gasteiger partial charge is 0.173 e. The van der Waals surface area contributed by atoms with Gasteiger partial charge in [0.2, 0.25) is 0 Å². The molecule has 1 aromatic heterocycles. The summed E-state index contributed by atoms with van der Waals surface area (Å²) in [5.41, 5.74) is 7.53. The van der Waals surface area contributed by atoms with E-state index in [1.807, 2.05) is 92.7 Å². The van der Waals surface area contributed by atoms with Crippen molar-refractivity contribution in [1.29, 1.82) is 0 Å². The van der Waals surface area contributed by atoms with E-state index >= 15 is 0 Å². The topological polar surface area (TPSA) is 68.1 Å². The average molecular weight is 439 g/mol. The Morgan fingerprint density at radius 1 is 0.970 bits per heavy atom. The van der Waals surface area contributed by atoms with E-state index in [9.17, 15) is 0 Å². The average Bonchev–Trinajstić information content (AvgIpc) is 2.85. The molecule has 6 nitrogen and oxygen atoms in total. The van der Waals surface area contributed by atoms with E-state index in [1.54, 1.807) is 13.3 Å². The second-order valence-corrected chi connectivity index (χ2v) is 7.40. The number of rotatable bonds is 7. The number of pyridine rings is 1. The lowest BCUT2D eigenvalue weighted by Crippen LogP contribution is -2.20. The fraction of sp³-hybridized carbons (Fsp3) is 0.148. The van der Waals surface area contributed by atoms with Crippen LogP contribution in [0.25, 0.3) is 10.9 Å². The Morgan fingerprint density at radius 3 is 2.58 bits per heavy atom. The molecule has 0 atom stereocenters. The number of ether oxygens (including phenoxy) is 2. The highest BCUT2D eigenvalue weighted by Crippen LogP contribution is 2.27. The third-order valence-electron chi connectivity index (χ3n) is 4.99. The summed E-state index contributed by atoms with van der Waals surface area (Å²) in [7, 11) is 1.62. The zero-order chi connectivity index (χ0) is 23.0. The number of aliphatic imine (C=N–C) groups is 1. The van der Waals surface area contributed by atoms with Gasteiger partial charge in [0.25, 0.3) is 0 Å². The van der Waals surface area contributed by atoms with Crippen molar-refractivity contribution in [3.63, 3.8) is 0 Å². The van der Waals surface area contributed by atoms with Gasteiger partial charge in [-0.05, 0) is 61.9 Å². The molecule has 1 N–H and O–H groups in total. The third-order valence-corrected chi connectivity index (χ3v) is 4.99. The van der Waals surface area contributed by atoms with Crippen LogP contribution in [-0.2, 0) is 0 Å². The van der Waals surface area contributed by atoms with Gasteiger partial charge in [-0.25, -0.2) is 9.98 Å². The number of nitrogens with one attached hydrogen (secondary N) is 1. The van der Waals surface area contributed by atoms with E-state index in [2.05, 4.69) is 10.5 Å². The molecule has 166 valence electrons. The fourth-order valence-corrected chi connectivity index (χ4v) is 3.29. The van der Waals surface area contributed by atoms with Crippen LogP contribution in [0.4, 0.5) is 5.69 Å². The SMILES string of the molecule is CCOc1ccc(C=NNC(=Nc2ccc(C)cc2)c2ccc3ccccc3n2)cc1OC. The van der Waals surface area contributed by atoms with Crippen molar-refractivity contribution in [1.82, 2.24) is 10.4 Å². The number of hydrogen-bond acceptors (Lipinski definition) is 5. The van der Waals surface area contributed by atoms with Crippen LogP contribution in [0, 0.1) is 6.92 Å². The highest BCUT2D eigenvalue weighted by atomic mass is 16.5. The van der Waals surface area contributed by atoms with Crippen molar-refractivity contribution in [3.05, 3.63) is 95.7 Å². The molecule has 4 rings (SSSR count). The lowest BCUT2D eigenvalue weighted by molar-refractivity contribution is 0.311. The largest absolute Gasteiger partial charge is 0.493 e. The Balaban J connectivity index is 1.64. The summed E-state index contributed by atoms with van der Waals surface area (Å²) in [4.78, 5) is 9.54. The van der Waals surface area contributed by atoms with E-state index < -0.39 is 0 Å². The van der Waals surface area contributed by atoms with Gasteiger partial charge >= 0.3 is 0 Å². The van der Waals surface area contributed by atoms with Gasteiger partial charge in [-0.1, -0.05) is 42.0 Å². The van der Waals surface area contributed by atoms with E-state index in [0.717, 1.165) is 22.2 Å². The van der Waals surface area contributed by atoms with Crippen molar-refractivity contribution in [2.45, 2.75) is 13.8 Å². The van der Waals surface area contributed by atoms with Crippen molar-refractivity contribution < 1.29 is 9.47 Å². The highest BCUT2D eigenvalue weighted by molar-refractivity contribution is 6.00. The number of nitrogens with zero attached hydrogens (tertiary/aromatic N) is 3. The van der Waals surface area contributed by atoms with Gasteiger partial charge in [0.1, 0.15) is 5.69 Å². The minimum absolute atomic E-state index is 0.554. The van der Waals surface area contributed by atoms with Crippen LogP contribution < -0.4 is 14.9 Å². The quantitative estimate of drug-likeness (QED) is 0.230. The Hall–Kier alpha value is -4.19. The summed E-state index contributed by atoms with van der Waals surface area (Å²) in [5, 5.41) is 5.49. The minimum Gasteiger partial charge on any atom is -0.493 e. The molecule has 0 spiro atoms. The number of aromatic nitrogens is 1. The zero-order valence-electron chi connectivity index (χ0n) is 18.9. The maximum absolute atomic E-state index is 5.58. The summed E-state index contributed by atoms with van der Waals surface area (Å²) in [6.07, 6.45) is 1.71. The number of amidine groups is 1. The first-order valence-corrected chi connectivity index (χ1v) is 10.8. The third kappa shape index (κ3) is 5.54. The van der Waals surface area contributed by atoms with Crippen molar-refractivity contribution in [3.8, 4) is 11.5 Å². The molecule has 0 saturated carbocycles. The first-order valence-electron chi connectivity index (χ1n) is 10.8. The maximum Gasteiger partial charge on any atom is 0.173 e. The summed E-state index contributed by atoms with van der Waals surface area (Å²) >= 11 is 0. The van der Waals surface area contributed by atoms with E-state index in [-0.39, 0.29) is 0 Å². The second-order valence-electron chi connectivity index (χ2n) is 7.40. The van der Waals surface area contributed by atoms with Gasteiger partial charge in [-0.15, -0.1) is 0 Å². The number of benzene rings is 3. The van der Waals surface area contributed by atoms with Crippen LogP contribution in [0.1, 0.15) is 23.7 Å². The Labute approximate surface area is 193 Å². The molecule has 0 unspecified atom stereocenters. The fourth-order valence-electron chi connectivity index (χ4n) is 3.29. The van der Waals surface area contributed by atoms with Crippen LogP contribution >= 0.6 is 0 Å². The summed E-state index contributed by atoms with van der Waals surface area (Å²) < 4.78 is 11.0. The van der Waals surface area contributed by atoms with Gasteiger partial charge in [0.15, 0.2) is 17.3 Å². The molecule has 0 radical (unpaired) electrons. The number of fused-ring (bicyclic) bond motifs is 1. The van der Waals surface area contributed by atoms with Crippen LogP contribution in [-0.4, -0.2) is 30.8 Å². The van der Waals surface area contributed by atoms with E-state index in [1.165, 1.54) is 5.56 Å². The highest BCUT2D eigenvalue weighted by Gasteiger charge is 2.08. The van der Waals surface area contributed by atoms with E-state index in [4.69, 9.17) is 19.5 Å². The molecule has 0 aliphatic heterocycles. The Morgan fingerprint density at radius 2 is 1.79 bits per heavy atom. The first-order chi connectivity index (χ1) is 16.2. The molecule has 0 fully saturated rings. The van der Waals surface area contributed by atoms with E-state index in [0.29, 0.717) is 29.6 Å². The molecule has 0 bridgehead atoms. The molecule has 3 aromatic carbocycles. The van der Waals surface area contributed by atoms with Crippen LogP contribution in [0.5, 0.6) is 11.5 Å². The second kappa shape index (κ2) is 10.4. The minimum atomic E-state index is 0.554. The number of para-hydroxylation sites is 1. The molecule has 0 aliphatic carbocycles. The van der Waals surface area contributed by atoms with Gasteiger partial charge in [-0.3, -0.25) is 5.43 Å². The number of hydrazone groups is 1. The van der Waals surface area contributed by atoms with Crippen molar-refractivity contribution >= 4 is 28.6 Å². The van der Waals surface area contributed by atoms with Crippen LogP contribution in [0.3, 0.4) is 0 Å². The molecule has 33 heavy (non-hydrogen) atoms. The summed E-state index contributed by atoms with van der Waals surface area (Å²) in [5.74, 6) is 1.91. The van der Waals surface area contributed by atoms with Gasteiger partial charge in [0, 0.05) is 5.39 Å². The summed E-state index contributed by atoms with van der Waals surface area (Å²) in [6.45, 7) is 4.56. The standard InChI is InChI=1S/C27H26N4O2/c1-4-33-25-16-11-20(17-26(25)32-3)18-28-31-27(29-22-13-9-19(2)10-14-22)24-15-12-21-7-5-6-8-23(21)30-24/h5-18H,4H2,1-3H3,(H,29,31). The zero-order valence-corrected chi connectivity index (χ0v) is 18.9. The monoisotopic (exact) mass is 438 g/mol. The van der Waals surface area contributed by atoms with Gasteiger partial charge in [-0.2, -0.15) is 5.10 Å². The number of hydrogen-bond donors (Lipinski definition) is 1. The normalized spacial score (nSPS) is 11.7. The Bertz CT molecular complexity index is 1300. The summed E-state index contributed by atoms with van der Waals surface area (Å²) in [6, 6.07) is 25.6.